The molecule has 0 spiro atoms. The Morgan fingerprint density at radius 3 is 2.72 bits per heavy atom. The second-order valence-corrected chi connectivity index (χ2v) is 8.34. The lowest BCUT2D eigenvalue weighted by atomic mass is 9.76. The molecular formula is C26H28O6. The minimum Gasteiger partial charge on any atom is -0.507 e. The van der Waals surface area contributed by atoms with Crippen LogP contribution in [0.15, 0.2) is 82.9 Å². The van der Waals surface area contributed by atoms with Crippen molar-refractivity contribution < 1.29 is 29.0 Å². The van der Waals surface area contributed by atoms with E-state index >= 15 is 0 Å². The van der Waals surface area contributed by atoms with E-state index in [1.165, 1.54) is 19.3 Å². The molecular weight excluding hydrogens is 408 g/mol. The first-order valence-corrected chi connectivity index (χ1v) is 10.7. The molecule has 0 saturated carbocycles. The maximum atomic E-state index is 13.0. The maximum Gasteiger partial charge on any atom is 0.343 e. The summed E-state index contributed by atoms with van der Waals surface area (Å²) in [6.45, 7) is 7.57. The first-order chi connectivity index (χ1) is 15.2. The predicted octanol–water partition coefficient (Wildman–Crippen LogP) is 4.53. The number of fused-ring (bicyclic) bond motifs is 2. The Balaban J connectivity index is 1.85. The molecule has 6 heteroatoms. The monoisotopic (exact) mass is 436 g/mol. The number of aliphatic hydroxyl groups excluding tert-OH is 1. The molecule has 0 fully saturated rings. The van der Waals surface area contributed by atoms with Crippen LogP contribution in [0.2, 0.25) is 0 Å². The standard InChI is InChI=1S/C26H28O6/c1-5-16(2)10-8-6-7-9-11-19(27)14-22(28)23-21-13-18-12-17(3)31-15-20(18)24(29)26(21,4)32-25(23)30/h6-11,13-17,28H,5,12H2,1-4H3/b7-6+,10-8+,11-9+,22-14-/t16-,17+,26-/m1/s1. The van der Waals surface area contributed by atoms with E-state index in [4.69, 9.17) is 9.47 Å². The molecule has 6 nitrogen and oxygen atoms in total. The van der Waals surface area contributed by atoms with Crippen LogP contribution in [0.3, 0.4) is 0 Å². The largest absolute Gasteiger partial charge is 0.507 e. The Bertz CT molecular complexity index is 1050. The highest BCUT2D eigenvalue weighted by molar-refractivity contribution is 6.15. The summed E-state index contributed by atoms with van der Waals surface area (Å²) < 4.78 is 10.8. The van der Waals surface area contributed by atoms with Crippen molar-refractivity contribution in [1.82, 2.24) is 0 Å². The number of allylic oxidation sites excluding steroid dienone is 7. The third-order valence-electron chi connectivity index (χ3n) is 5.76. The van der Waals surface area contributed by atoms with Gasteiger partial charge in [0.15, 0.2) is 11.4 Å². The number of hydrogen-bond donors (Lipinski definition) is 1. The predicted molar refractivity (Wildman–Crippen MR) is 120 cm³/mol. The molecule has 0 bridgehead atoms. The molecule has 0 amide bonds. The normalized spacial score (nSPS) is 26.8. The van der Waals surface area contributed by atoms with Gasteiger partial charge in [0.2, 0.25) is 5.78 Å². The van der Waals surface area contributed by atoms with Crippen LogP contribution in [0.1, 0.15) is 40.5 Å². The lowest BCUT2D eigenvalue weighted by Gasteiger charge is -2.33. The van der Waals surface area contributed by atoms with Crippen LogP contribution in [0, 0.1) is 5.92 Å². The summed E-state index contributed by atoms with van der Waals surface area (Å²) in [5.41, 5.74) is -0.391. The highest BCUT2D eigenvalue weighted by Crippen LogP contribution is 2.45. The van der Waals surface area contributed by atoms with Crippen LogP contribution in [0.5, 0.6) is 0 Å². The highest BCUT2D eigenvalue weighted by Gasteiger charge is 2.54. The molecule has 0 aromatic rings. The van der Waals surface area contributed by atoms with Crippen LogP contribution >= 0.6 is 0 Å². The maximum absolute atomic E-state index is 13.0. The molecule has 3 rings (SSSR count). The molecule has 0 radical (unpaired) electrons. The summed E-state index contributed by atoms with van der Waals surface area (Å²) in [6, 6.07) is 0. The van der Waals surface area contributed by atoms with Crippen molar-refractivity contribution in [2.75, 3.05) is 0 Å². The van der Waals surface area contributed by atoms with Crippen molar-refractivity contribution in [2.45, 2.75) is 52.2 Å². The van der Waals surface area contributed by atoms with Crippen LogP contribution < -0.4 is 0 Å². The van der Waals surface area contributed by atoms with Crippen LogP contribution in [-0.4, -0.2) is 34.3 Å². The average molecular weight is 437 g/mol. The second kappa shape index (κ2) is 9.39. The zero-order chi connectivity index (χ0) is 23.5. The Kier molecular flexibility index (Phi) is 6.82. The summed E-state index contributed by atoms with van der Waals surface area (Å²) in [6.07, 6.45) is 15.8. The number of carbonyl (C=O) groups is 3. The van der Waals surface area contributed by atoms with Gasteiger partial charge in [0.1, 0.15) is 11.3 Å². The molecule has 2 heterocycles. The van der Waals surface area contributed by atoms with E-state index in [1.807, 2.05) is 19.1 Å². The summed E-state index contributed by atoms with van der Waals surface area (Å²) >= 11 is 0. The SMILES string of the molecule is CC[C@@H](C)/C=C/C=C/C=C/C(=O)/C=C(\O)C1=C2C=C3C[C@H](C)OC=C3C(=O)[C@]2(C)OC1=O. The number of rotatable bonds is 7. The van der Waals surface area contributed by atoms with Crippen LogP contribution in [0.4, 0.5) is 0 Å². The van der Waals surface area contributed by atoms with Gasteiger partial charge in [-0.3, -0.25) is 9.59 Å². The van der Waals surface area contributed by atoms with Crippen LogP contribution in [0.25, 0.3) is 0 Å². The number of hydrogen-bond acceptors (Lipinski definition) is 6. The molecule has 0 aromatic heterocycles. The fraction of sp³-hybridized carbons (Fsp3) is 0.346. The Labute approximate surface area is 188 Å². The van der Waals surface area contributed by atoms with Crippen molar-refractivity contribution in [2.24, 2.45) is 5.92 Å². The molecule has 3 aliphatic rings. The van der Waals surface area contributed by atoms with Gasteiger partial charge in [0, 0.05) is 18.1 Å². The molecule has 0 aromatic carbocycles. The van der Waals surface area contributed by atoms with Gasteiger partial charge in [0.05, 0.1) is 17.9 Å². The lowest BCUT2D eigenvalue weighted by Crippen LogP contribution is -2.42. The summed E-state index contributed by atoms with van der Waals surface area (Å²) in [4.78, 5) is 37.8. The molecule has 32 heavy (non-hydrogen) atoms. The van der Waals surface area contributed by atoms with E-state index < -0.39 is 28.9 Å². The van der Waals surface area contributed by atoms with Crippen molar-refractivity contribution >= 4 is 17.5 Å². The molecule has 1 N–H and O–H groups in total. The lowest BCUT2D eigenvalue weighted by molar-refractivity contribution is -0.152. The fourth-order valence-electron chi connectivity index (χ4n) is 3.68. The third-order valence-corrected chi connectivity index (χ3v) is 5.76. The zero-order valence-corrected chi connectivity index (χ0v) is 18.8. The first kappa shape index (κ1) is 23.3. The molecule has 0 unspecified atom stereocenters. The third kappa shape index (κ3) is 4.59. The Morgan fingerprint density at radius 2 is 2.00 bits per heavy atom. The van der Waals surface area contributed by atoms with Crippen molar-refractivity contribution in [3.8, 4) is 0 Å². The van der Waals surface area contributed by atoms with Gasteiger partial charge in [-0.1, -0.05) is 50.6 Å². The number of aliphatic hydroxyl groups is 1. The number of Topliss-reactive ketones (excluding diaryl/α,β-unsaturated/α-hetero) is 1. The topological polar surface area (TPSA) is 89.9 Å². The van der Waals surface area contributed by atoms with Gasteiger partial charge in [-0.2, -0.15) is 0 Å². The van der Waals surface area contributed by atoms with E-state index in [2.05, 4.69) is 19.9 Å². The number of esters is 1. The summed E-state index contributed by atoms with van der Waals surface area (Å²) in [5.74, 6) is -1.80. The quantitative estimate of drug-likeness (QED) is 0.273. The summed E-state index contributed by atoms with van der Waals surface area (Å²) in [7, 11) is 0. The van der Waals surface area contributed by atoms with Crippen molar-refractivity contribution in [3.63, 3.8) is 0 Å². The zero-order valence-electron chi connectivity index (χ0n) is 18.8. The van der Waals surface area contributed by atoms with Gasteiger partial charge in [-0.15, -0.1) is 0 Å². The molecule has 2 aliphatic heterocycles. The minimum atomic E-state index is -1.56. The van der Waals surface area contributed by atoms with E-state index in [0.717, 1.165) is 12.5 Å². The van der Waals surface area contributed by atoms with Gasteiger partial charge < -0.3 is 14.6 Å². The van der Waals surface area contributed by atoms with E-state index in [0.29, 0.717) is 23.5 Å². The minimum absolute atomic E-state index is 0.117. The number of ketones is 2. The van der Waals surface area contributed by atoms with Gasteiger partial charge in [-0.25, -0.2) is 4.79 Å². The van der Waals surface area contributed by atoms with Gasteiger partial charge >= 0.3 is 5.97 Å². The Morgan fingerprint density at radius 1 is 1.28 bits per heavy atom. The van der Waals surface area contributed by atoms with Gasteiger partial charge in [0.25, 0.3) is 0 Å². The van der Waals surface area contributed by atoms with E-state index in [1.54, 1.807) is 18.2 Å². The number of carbonyl (C=O) groups excluding carboxylic acids is 3. The van der Waals surface area contributed by atoms with Gasteiger partial charge in [-0.05, 0) is 37.5 Å². The van der Waals surface area contributed by atoms with E-state index in [9.17, 15) is 19.5 Å². The smallest absolute Gasteiger partial charge is 0.343 e. The average Bonchev–Trinajstić information content (AvgIpc) is 3.00. The molecule has 3 atom stereocenters. The molecule has 0 saturated heterocycles. The van der Waals surface area contributed by atoms with E-state index in [-0.39, 0.29) is 17.3 Å². The number of ether oxygens (including phenoxy) is 2. The molecule has 168 valence electrons. The van der Waals surface area contributed by atoms with Crippen molar-refractivity contribution in [3.05, 3.63) is 82.9 Å². The first-order valence-electron chi connectivity index (χ1n) is 10.7. The van der Waals surface area contributed by atoms with Crippen LogP contribution in [-0.2, 0) is 23.9 Å². The summed E-state index contributed by atoms with van der Waals surface area (Å²) in [5, 5.41) is 10.5. The second-order valence-electron chi connectivity index (χ2n) is 8.34. The van der Waals surface area contributed by atoms with Crippen molar-refractivity contribution in [1.29, 1.82) is 0 Å². The highest BCUT2D eigenvalue weighted by atomic mass is 16.6. The molecule has 1 aliphatic carbocycles. The Hall–Kier alpha value is -3.41. The fourth-order valence-corrected chi connectivity index (χ4v) is 3.68.